The molecule has 8 heteroatoms. The van der Waals surface area contributed by atoms with Crippen molar-refractivity contribution in [2.24, 2.45) is 0 Å². The molecule has 0 aliphatic rings. The van der Waals surface area contributed by atoms with Gasteiger partial charge in [-0.05, 0) is 72.0 Å². The Morgan fingerprint density at radius 2 is 1.44 bits per heavy atom. The van der Waals surface area contributed by atoms with Gasteiger partial charge in [0.1, 0.15) is 11.5 Å². The quantitative estimate of drug-likeness (QED) is 0.194. The van der Waals surface area contributed by atoms with Gasteiger partial charge in [0.2, 0.25) is 0 Å². The van der Waals surface area contributed by atoms with Crippen LogP contribution in [-0.4, -0.2) is 54.6 Å². The van der Waals surface area contributed by atoms with Crippen molar-refractivity contribution in [1.82, 2.24) is 10.2 Å². The second kappa shape index (κ2) is 15.2. The van der Waals surface area contributed by atoms with Crippen molar-refractivity contribution in [1.29, 1.82) is 0 Å². The number of carboxylic acids is 1. The summed E-state index contributed by atoms with van der Waals surface area (Å²) in [6.07, 6.45) is 0.365. The van der Waals surface area contributed by atoms with E-state index in [-0.39, 0.29) is 24.8 Å². The number of benzene rings is 4. The van der Waals surface area contributed by atoms with Crippen molar-refractivity contribution < 1.29 is 29.0 Å². The van der Waals surface area contributed by atoms with Gasteiger partial charge in [-0.1, -0.05) is 60.7 Å². The van der Waals surface area contributed by atoms with Gasteiger partial charge >= 0.3 is 5.97 Å². The van der Waals surface area contributed by atoms with E-state index in [2.05, 4.69) is 5.32 Å². The molecule has 4 aromatic rings. The molecule has 0 unspecified atom stereocenters. The zero-order valence-electron chi connectivity index (χ0n) is 24.4. The average Bonchev–Trinajstić information content (AvgIpc) is 3.04. The maximum absolute atomic E-state index is 14.0. The molecule has 0 saturated carbocycles. The van der Waals surface area contributed by atoms with E-state index in [9.17, 15) is 19.5 Å². The van der Waals surface area contributed by atoms with Gasteiger partial charge < -0.3 is 24.8 Å². The molecule has 0 radical (unpaired) electrons. The zero-order valence-corrected chi connectivity index (χ0v) is 24.4. The zero-order chi connectivity index (χ0) is 30.6. The Balaban J connectivity index is 1.57. The largest absolute Gasteiger partial charge is 0.497 e. The van der Waals surface area contributed by atoms with E-state index in [1.54, 1.807) is 36.3 Å². The predicted molar refractivity (Wildman–Crippen MR) is 166 cm³/mol. The van der Waals surface area contributed by atoms with E-state index in [1.807, 2.05) is 79.7 Å². The van der Waals surface area contributed by atoms with E-state index in [0.29, 0.717) is 54.1 Å². The Labute approximate surface area is 251 Å². The molecular weight excluding hydrogens is 544 g/mol. The molecule has 2 N–H and O–H groups in total. The third kappa shape index (κ3) is 8.45. The monoisotopic (exact) mass is 580 g/mol. The molecule has 0 fully saturated rings. The second-order valence-electron chi connectivity index (χ2n) is 9.89. The van der Waals surface area contributed by atoms with Crippen LogP contribution in [0.15, 0.2) is 97.1 Å². The minimum atomic E-state index is -0.981. The molecule has 0 heterocycles. The van der Waals surface area contributed by atoms with Crippen LogP contribution in [0.5, 0.6) is 11.5 Å². The number of nitrogens with zero attached hydrogens (tertiary/aromatic N) is 1. The number of carbonyl (C=O) groups excluding carboxylic acids is 2. The molecule has 0 aliphatic heterocycles. The number of hydrogen-bond acceptors (Lipinski definition) is 5. The van der Waals surface area contributed by atoms with Crippen molar-refractivity contribution >= 4 is 17.8 Å². The number of rotatable bonds is 14. The number of ether oxygens (including phenoxy) is 2. The molecule has 0 atom stereocenters. The van der Waals surface area contributed by atoms with Crippen LogP contribution in [0.4, 0.5) is 0 Å². The van der Waals surface area contributed by atoms with Crippen LogP contribution in [0.3, 0.4) is 0 Å². The van der Waals surface area contributed by atoms with Gasteiger partial charge in [0.25, 0.3) is 11.8 Å². The molecule has 4 aromatic carbocycles. The Hall–Kier alpha value is -5.11. The van der Waals surface area contributed by atoms with Crippen molar-refractivity contribution in [2.75, 3.05) is 26.8 Å². The molecule has 8 nitrogen and oxygen atoms in total. The summed E-state index contributed by atoms with van der Waals surface area (Å²) in [4.78, 5) is 40.3. The van der Waals surface area contributed by atoms with E-state index in [4.69, 9.17) is 9.47 Å². The summed E-state index contributed by atoms with van der Waals surface area (Å²) in [5.41, 5.74) is 3.93. The summed E-state index contributed by atoms with van der Waals surface area (Å²) in [5.74, 6) is -0.0850. The molecule has 2 amide bonds. The first-order chi connectivity index (χ1) is 20.9. The lowest BCUT2D eigenvalue weighted by Gasteiger charge is -2.24. The van der Waals surface area contributed by atoms with Crippen molar-refractivity contribution in [3.63, 3.8) is 0 Å². The highest BCUT2D eigenvalue weighted by Gasteiger charge is 2.22. The highest BCUT2D eigenvalue weighted by molar-refractivity contribution is 6.06. The van der Waals surface area contributed by atoms with Crippen molar-refractivity contribution in [3.8, 4) is 22.6 Å². The minimum absolute atomic E-state index is 0.0577. The summed E-state index contributed by atoms with van der Waals surface area (Å²) in [7, 11) is 1.59. The smallest absolute Gasteiger partial charge is 0.305 e. The van der Waals surface area contributed by atoms with E-state index in [0.717, 1.165) is 16.9 Å². The highest BCUT2D eigenvalue weighted by atomic mass is 16.5. The molecule has 0 bridgehead atoms. The lowest BCUT2D eigenvalue weighted by Crippen LogP contribution is -2.35. The lowest BCUT2D eigenvalue weighted by atomic mass is 9.94. The van der Waals surface area contributed by atoms with Crippen LogP contribution in [0, 0.1) is 0 Å². The number of carboxylic acid groups (broad SMARTS) is 1. The maximum atomic E-state index is 14.0. The first-order valence-electron chi connectivity index (χ1n) is 14.2. The van der Waals surface area contributed by atoms with Gasteiger partial charge in [0.15, 0.2) is 0 Å². The number of nitrogens with one attached hydrogen (secondary N) is 1. The highest BCUT2D eigenvalue weighted by Crippen LogP contribution is 2.29. The average molecular weight is 581 g/mol. The van der Waals surface area contributed by atoms with Crippen LogP contribution in [-0.2, 0) is 17.8 Å². The summed E-state index contributed by atoms with van der Waals surface area (Å²) >= 11 is 0. The Morgan fingerprint density at radius 3 is 2.12 bits per heavy atom. The Morgan fingerprint density at radius 1 is 0.767 bits per heavy atom. The van der Waals surface area contributed by atoms with Crippen LogP contribution in [0.1, 0.15) is 45.2 Å². The van der Waals surface area contributed by atoms with E-state index < -0.39 is 5.97 Å². The molecule has 0 saturated heterocycles. The van der Waals surface area contributed by atoms with Crippen LogP contribution >= 0.6 is 0 Å². The first kappa shape index (κ1) is 30.8. The van der Waals surface area contributed by atoms with Crippen LogP contribution < -0.4 is 14.8 Å². The fraction of sp³-hybridized carbons (Fsp3) is 0.229. The summed E-state index contributed by atoms with van der Waals surface area (Å²) in [6.45, 7) is 3.19. The number of methoxy groups -OCH3 is 1. The molecule has 0 spiro atoms. The number of hydrogen-bond donors (Lipinski definition) is 2. The summed E-state index contributed by atoms with van der Waals surface area (Å²) in [6, 6.07) is 29.4. The van der Waals surface area contributed by atoms with Crippen LogP contribution in [0.2, 0.25) is 0 Å². The summed E-state index contributed by atoms with van der Waals surface area (Å²) < 4.78 is 10.8. The molecule has 4 rings (SSSR count). The first-order valence-corrected chi connectivity index (χ1v) is 14.2. The van der Waals surface area contributed by atoms with Crippen molar-refractivity contribution in [3.05, 3.63) is 119 Å². The topological polar surface area (TPSA) is 105 Å². The lowest BCUT2D eigenvalue weighted by molar-refractivity contribution is -0.137. The number of aliphatic carboxylic acids is 1. The summed E-state index contributed by atoms with van der Waals surface area (Å²) in [5, 5.41) is 12.3. The molecule has 0 aromatic heterocycles. The van der Waals surface area contributed by atoms with E-state index >= 15 is 0 Å². The van der Waals surface area contributed by atoms with Gasteiger partial charge in [-0.3, -0.25) is 14.4 Å². The number of carbonyl (C=O) groups is 3. The van der Waals surface area contributed by atoms with Gasteiger partial charge in [0, 0.05) is 30.8 Å². The van der Waals surface area contributed by atoms with Gasteiger partial charge in [-0.2, -0.15) is 0 Å². The van der Waals surface area contributed by atoms with Crippen molar-refractivity contribution in [2.45, 2.75) is 26.3 Å². The molecule has 222 valence electrons. The fourth-order valence-corrected chi connectivity index (χ4v) is 4.78. The third-order valence-electron chi connectivity index (χ3n) is 6.99. The van der Waals surface area contributed by atoms with E-state index in [1.165, 1.54) is 0 Å². The molecule has 0 aliphatic carbocycles. The normalized spacial score (nSPS) is 10.6. The van der Waals surface area contributed by atoms with Gasteiger partial charge in [-0.25, -0.2) is 0 Å². The van der Waals surface area contributed by atoms with Crippen LogP contribution in [0.25, 0.3) is 11.1 Å². The maximum Gasteiger partial charge on any atom is 0.305 e. The number of amides is 2. The standard InChI is InChI=1S/C35H36N2O6/c1-3-43-27-17-15-25(16-18-27)19-21-37(22-20-33(38)39)35(41)32-14-7-5-12-30(32)29-11-4-6-13-31(29)34(40)36-24-26-9-8-10-28(23-26)42-2/h4-18,23H,3,19-22,24H2,1-2H3,(H,36,40)(H,38,39). The Kier molecular flexibility index (Phi) is 10.9. The minimum Gasteiger partial charge on any atom is -0.497 e. The molecular formula is C35H36N2O6. The third-order valence-corrected chi connectivity index (χ3v) is 6.99. The Bertz CT molecular complexity index is 1550. The predicted octanol–water partition coefficient (Wildman–Crippen LogP) is 5.85. The fourth-order valence-electron chi connectivity index (χ4n) is 4.78. The van der Waals surface area contributed by atoms with Gasteiger partial charge in [-0.15, -0.1) is 0 Å². The SMILES string of the molecule is CCOc1ccc(CCN(CCC(=O)O)C(=O)c2ccccc2-c2ccccc2C(=O)NCc2cccc(OC)c2)cc1. The van der Waals surface area contributed by atoms with Gasteiger partial charge in [0.05, 0.1) is 20.1 Å². The molecule has 43 heavy (non-hydrogen) atoms. The second-order valence-corrected chi connectivity index (χ2v) is 9.89.